The zero-order chi connectivity index (χ0) is 61.4. The number of fused-ring (bicyclic) bond motifs is 1. The van der Waals surface area contributed by atoms with E-state index in [0.29, 0.717) is 50.6 Å². The molecule has 1 saturated heterocycles. The standard InChI is InChI=1S/C70H112N6O9/c1-8-10-12-14-16-18-20-22-24-26-28-30-34-38-64(78)82-52-60(53-83-65(79)39-35-31-29-27-25-23-21-19-17-15-13-11-9-2)84-67(81)47-55(3)37-33-32-36-40-66(80)85-68-57(5)48-59(49-58(68)6)50-76-46-43-61-69(72-54-73-70(61)76)74(7)62-51-75(45-42-56(62)4)63(77)41-44-71/h43,46,48-49,54-56,60,62H,8-42,45,47,50-53H2,1-7H3/t55?,56-,62+/m1/s1. The Bertz CT molecular complexity index is 2370. The van der Waals surface area contributed by atoms with Gasteiger partial charge in [0.15, 0.2) is 6.10 Å². The normalized spacial score (nSPS) is 14.6. The second-order valence-electron chi connectivity index (χ2n) is 24.9. The molecule has 476 valence electrons. The number of likely N-dealkylation sites (tertiary alicyclic amines) is 1. The summed E-state index contributed by atoms with van der Waals surface area (Å²) in [6.45, 7) is 14.0. The number of hydrogen-bond donors (Lipinski definition) is 0. The lowest BCUT2D eigenvalue weighted by molar-refractivity contribution is -0.167. The minimum Gasteiger partial charge on any atom is -0.462 e. The van der Waals surface area contributed by atoms with Gasteiger partial charge in [0.1, 0.15) is 43.2 Å². The molecule has 4 rings (SSSR count). The molecule has 1 amide bonds. The molecule has 1 aromatic carbocycles. The molecule has 0 bridgehead atoms. The molecular formula is C70H112N6O9. The molecule has 2 aromatic heterocycles. The molecule has 3 aromatic rings. The topological polar surface area (TPSA) is 183 Å². The van der Waals surface area contributed by atoms with E-state index in [9.17, 15) is 24.0 Å². The Kier molecular flexibility index (Phi) is 36.5. The Morgan fingerprint density at radius 3 is 1.66 bits per heavy atom. The lowest BCUT2D eigenvalue weighted by Gasteiger charge is -2.42. The quantitative estimate of drug-likeness (QED) is 0.0225. The van der Waals surface area contributed by atoms with E-state index in [-0.39, 0.29) is 68.3 Å². The summed E-state index contributed by atoms with van der Waals surface area (Å²) < 4.78 is 25.1. The molecule has 15 nitrogen and oxygen atoms in total. The molecule has 1 aliphatic rings. The van der Waals surface area contributed by atoms with Crippen LogP contribution in [0.2, 0.25) is 0 Å². The summed E-state index contributed by atoms with van der Waals surface area (Å²) in [5.41, 5.74) is 3.57. The summed E-state index contributed by atoms with van der Waals surface area (Å²) >= 11 is 0. The molecule has 0 aliphatic carbocycles. The van der Waals surface area contributed by atoms with Gasteiger partial charge in [-0.1, -0.05) is 213 Å². The largest absolute Gasteiger partial charge is 0.462 e. The first-order valence-electron chi connectivity index (χ1n) is 33.7. The maximum Gasteiger partial charge on any atom is 0.311 e. The van der Waals surface area contributed by atoms with Gasteiger partial charge >= 0.3 is 23.9 Å². The van der Waals surface area contributed by atoms with Crippen LogP contribution in [-0.2, 0) is 44.7 Å². The van der Waals surface area contributed by atoms with Crippen LogP contribution < -0.4 is 9.64 Å². The van der Waals surface area contributed by atoms with Crippen LogP contribution in [0.3, 0.4) is 0 Å². The number of likely N-dealkylation sites (N-methyl/N-ethyl adjacent to an activating group) is 1. The van der Waals surface area contributed by atoms with E-state index in [1.807, 2.05) is 58.3 Å². The number of aryl methyl sites for hydroxylation is 2. The average molecular weight is 1180 g/mol. The average Bonchev–Trinajstić information content (AvgIpc) is 2.69. The number of amides is 1. The van der Waals surface area contributed by atoms with Crippen molar-refractivity contribution in [3.8, 4) is 11.8 Å². The number of piperidine rings is 1. The van der Waals surface area contributed by atoms with Crippen molar-refractivity contribution in [3.05, 3.63) is 47.4 Å². The van der Waals surface area contributed by atoms with Crippen LogP contribution in [-0.4, -0.2) is 94.7 Å². The summed E-state index contributed by atoms with van der Waals surface area (Å²) in [5, 5.41) is 10.0. The smallest absolute Gasteiger partial charge is 0.311 e. The number of ether oxygens (including phenoxy) is 4. The molecule has 0 radical (unpaired) electrons. The van der Waals surface area contributed by atoms with E-state index in [4.69, 9.17) is 24.2 Å². The third-order valence-electron chi connectivity index (χ3n) is 17.2. The van der Waals surface area contributed by atoms with Crippen molar-refractivity contribution in [2.24, 2.45) is 11.8 Å². The molecule has 0 spiro atoms. The first-order valence-corrected chi connectivity index (χ1v) is 33.7. The highest BCUT2D eigenvalue weighted by Crippen LogP contribution is 2.32. The third kappa shape index (κ3) is 29.2. The van der Waals surface area contributed by atoms with Gasteiger partial charge < -0.3 is 33.3 Å². The van der Waals surface area contributed by atoms with Crippen LogP contribution in [0.5, 0.6) is 5.75 Å². The van der Waals surface area contributed by atoms with E-state index in [0.717, 1.165) is 97.7 Å². The van der Waals surface area contributed by atoms with Crippen LogP contribution in [0, 0.1) is 37.0 Å². The number of hydrogen-bond acceptors (Lipinski definition) is 13. The summed E-state index contributed by atoms with van der Waals surface area (Å²) in [6, 6.07) is 8.14. The van der Waals surface area contributed by atoms with Gasteiger partial charge in [-0.05, 0) is 74.1 Å². The third-order valence-corrected chi connectivity index (χ3v) is 17.2. The van der Waals surface area contributed by atoms with Gasteiger partial charge in [0, 0.05) is 58.6 Å². The van der Waals surface area contributed by atoms with Gasteiger partial charge in [-0.2, -0.15) is 5.26 Å². The molecule has 3 atom stereocenters. The van der Waals surface area contributed by atoms with Gasteiger partial charge in [-0.15, -0.1) is 0 Å². The molecule has 3 heterocycles. The van der Waals surface area contributed by atoms with Crippen molar-refractivity contribution in [2.45, 2.75) is 291 Å². The highest BCUT2D eigenvalue weighted by molar-refractivity contribution is 5.88. The van der Waals surface area contributed by atoms with Crippen molar-refractivity contribution in [3.63, 3.8) is 0 Å². The second-order valence-corrected chi connectivity index (χ2v) is 24.9. The summed E-state index contributed by atoms with van der Waals surface area (Å²) in [4.78, 5) is 77.9. The van der Waals surface area contributed by atoms with Crippen LogP contribution in [0.25, 0.3) is 11.0 Å². The predicted octanol–water partition coefficient (Wildman–Crippen LogP) is 16.5. The monoisotopic (exact) mass is 1180 g/mol. The molecule has 1 aliphatic heterocycles. The number of anilines is 1. The minimum atomic E-state index is -0.877. The van der Waals surface area contributed by atoms with Crippen LogP contribution in [0.4, 0.5) is 5.82 Å². The number of esters is 4. The van der Waals surface area contributed by atoms with Gasteiger partial charge in [0.05, 0.1) is 17.5 Å². The van der Waals surface area contributed by atoms with E-state index >= 15 is 0 Å². The molecule has 0 N–H and O–H groups in total. The fourth-order valence-electron chi connectivity index (χ4n) is 11.9. The van der Waals surface area contributed by atoms with Gasteiger partial charge in [0.25, 0.3) is 0 Å². The van der Waals surface area contributed by atoms with E-state index in [1.165, 1.54) is 128 Å². The first-order chi connectivity index (χ1) is 41.2. The van der Waals surface area contributed by atoms with Gasteiger partial charge in [-0.3, -0.25) is 24.0 Å². The Labute approximate surface area is 512 Å². The van der Waals surface area contributed by atoms with E-state index < -0.39 is 12.1 Å². The maximum atomic E-state index is 13.3. The Morgan fingerprint density at radius 2 is 1.15 bits per heavy atom. The molecule has 1 fully saturated rings. The fraction of sp³-hybridized carbons (Fsp3) is 0.743. The van der Waals surface area contributed by atoms with Crippen molar-refractivity contribution in [1.82, 2.24) is 19.4 Å². The minimum absolute atomic E-state index is 0.0201. The van der Waals surface area contributed by atoms with E-state index in [2.05, 4.69) is 40.2 Å². The van der Waals surface area contributed by atoms with Crippen molar-refractivity contribution in [2.75, 3.05) is 38.3 Å². The number of carbonyl (C=O) groups excluding carboxylic acids is 5. The lowest BCUT2D eigenvalue weighted by atomic mass is 9.92. The lowest BCUT2D eigenvalue weighted by Crippen LogP contribution is -2.52. The number of unbranched alkanes of at least 4 members (excludes halogenated alkanes) is 26. The highest BCUT2D eigenvalue weighted by atomic mass is 16.6. The SMILES string of the molecule is CCCCCCCCCCCCCCCC(=O)OCC(COC(=O)CCCCCCCCCCCCCCC)OC(=O)CC(C)CCCCCC(=O)Oc1c(C)cc(Cn2ccc3c(N(C)[C@H]4CN(C(=O)CC#N)CC[C@H]4C)ncnc32)cc1C. The molecular weight excluding hydrogens is 1070 g/mol. The van der Waals surface area contributed by atoms with E-state index in [1.54, 1.807) is 11.2 Å². The molecule has 85 heavy (non-hydrogen) atoms. The number of carbonyl (C=O) groups is 5. The van der Waals surface area contributed by atoms with Crippen LogP contribution in [0.1, 0.15) is 276 Å². The van der Waals surface area contributed by atoms with Crippen molar-refractivity contribution in [1.29, 1.82) is 5.26 Å². The number of nitrogens with zero attached hydrogens (tertiary/aromatic N) is 6. The number of nitriles is 1. The summed E-state index contributed by atoms with van der Waals surface area (Å²) in [6.07, 6.45) is 39.4. The number of benzene rings is 1. The summed E-state index contributed by atoms with van der Waals surface area (Å²) in [7, 11) is 2.01. The van der Waals surface area contributed by atoms with Crippen molar-refractivity contribution < 1.29 is 42.9 Å². The van der Waals surface area contributed by atoms with Gasteiger partial charge in [-0.25, -0.2) is 9.97 Å². The van der Waals surface area contributed by atoms with Crippen molar-refractivity contribution >= 4 is 46.6 Å². The highest BCUT2D eigenvalue weighted by Gasteiger charge is 2.33. The Morgan fingerprint density at radius 1 is 0.671 bits per heavy atom. The zero-order valence-electron chi connectivity index (χ0n) is 54.0. The maximum absolute atomic E-state index is 13.3. The molecule has 15 heteroatoms. The molecule has 0 saturated carbocycles. The van der Waals surface area contributed by atoms with Crippen LogP contribution in [0.15, 0.2) is 30.7 Å². The Hall–Kier alpha value is -5.52. The predicted molar refractivity (Wildman–Crippen MR) is 340 cm³/mol. The summed E-state index contributed by atoms with van der Waals surface area (Å²) in [5.74, 6) is 0.209. The number of rotatable bonds is 47. The second kappa shape index (κ2) is 43.2. The fourth-order valence-corrected chi connectivity index (χ4v) is 11.9. The van der Waals surface area contributed by atoms with Gasteiger partial charge in [0.2, 0.25) is 5.91 Å². The number of aromatic nitrogens is 3. The zero-order valence-corrected chi connectivity index (χ0v) is 54.0. The Balaban J connectivity index is 1.17. The van der Waals surface area contributed by atoms with Crippen LogP contribution >= 0.6 is 0 Å². The molecule has 1 unspecified atom stereocenters. The first kappa shape index (κ1) is 72.0.